The summed E-state index contributed by atoms with van der Waals surface area (Å²) in [4.78, 5) is 9.96. The van der Waals surface area contributed by atoms with E-state index in [1.807, 2.05) is 0 Å². The Morgan fingerprint density at radius 3 is 0.519 bits per heavy atom. The standard InChI is InChI=1S/C121H80N8/c1-9-33-81(34-10-1)122(93-61-69-105-101-49-25-29-53-113(101)126(117(105)77-93)85-41-17-5-18-42-85)89-57-65-97-98-66-58-90(123(82-35-11-2-12-36-82)94-62-70-106-102-50-26-30-54-114(102)127(118(106)78-94)86-43-19-6-20-44-86)74-110(98)121(109(97)73-89)111-75-91(124(83-37-13-3-14-38-83)95-63-71-107-103-51-27-31-55-115(103)128(119(107)79-95)87-45-21-7-22-46-87)59-67-99(111)100-68-60-92(76-112(100)121)125(84-39-15-4-16-40-84)96-64-72-108-104-52-28-32-56-116(104)129(120(108)80-96)88-47-23-8-24-48-88/h1-80H. The van der Waals surface area contributed by atoms with E-state index in [-0.39, 0.29) is 0 Å². The first-order valence-corrected chi connectivity index (χ1v) is 44.4. The third-order valence-electron chi connectivity index (χ3n) is 27.0. The van der Waals surface area contributed by atoms with E-state index < -0.39 is 5.41 Å². The fourth-order valence-corrected chi connectivity index (χ4v) is 21.6. The molecule has 26 rings (SSSR count). The summed E-state index contributed by atoms with van der Waals surface area (Å²) < 4.78 is 9.74. The lowest BCUT2D eigenvalue weighted by Gasteiger charge is -2.35. The number of hydrogen-bond acceptors (Lipinski definition) is 4. The summed E-state index contributed by atoms with van der Waals surface area (Å²) in [5.41, 5.74) is 34.1. The largest absolute Gasteiger partial charge is 0.310 e. The van der Waals surface area contributed by atoms with Gasteiger partial charge in [-0.2, -0.15) is 0 Å². The molecule has 0 amide bonds. The number of benzene rings is 20. The highest BCUT2D eigenvalue weighted by Gasteiger charge is 2.53. The highest BCUT2D eigenvalue weighted by atomic mass is 15.2. The van der Waals surface area contributed by atoms with Gasteiger partial charge in [0.15, 0.2) is 0 Å². The molecule has 0 saturated heterocycles. The fourth-order valence-electron chi connectivity index (χ4n) is 21.6. The first-order chi connectivity index (χ1) is 64.0. The zero-order valence-electron chi connectivity index (χ0n) is 70.3. The molecule has 24 aromatic rings. The van der Waals surface area contributed by atoms with Crippen LogP contribution in [0.25, 0.3) is 132 Å². The molecule has 1 spiro atoms. The van der Waals surface area contributed by atoms with Crippen molar-refractivity contribution in [2.75, 3.05) is 19.6 Å². The quantitative estimate of drug-likeness (QED) is 0.0965. The summed E-state index contributed by atoms with van der Waals surface area (Å²) in [6.45, 7) is 0. The maximum Gasteiger partial charge on any atom is 0.0728 e. The minimum atomic E-state index is -1.07. The average molecular weight is 1650 g/mol. The Kier molecular flexibility index (Phi) is 16.8. The monoisotopic (exact) mass is 1640 g/mol. The van der Waals surface area contributed by atoms with Crippen LogP contribution in [0.5, 0.6) is 0 Å². The molecule has 0 bridgehead atoms. The van der Waals surface area contributed by atoms with Crippen LogP contribution in [0, 0.1) is 0 Å². The van der Waals surface area contributed by atoms with Gasteiger partial charge in [0.05, 0.1) is 49.5 Å². The van der Waals surface area contributed by atoms with Crippen molar-refractivity contribution in [2.24, 2.45) is 0 Å². The van der Waals surface area contributed by atoms with Gasteiger partial charge in [0, 0.05) is 134 Å². The van der Waals surface area contributed by atoms with Crippen molar-refractivity contribution in [3.05, 3.63) is 508 Å². The minimum Gasteiger partial charge on any atom is -0.310 e. The van der Waals surface area contributed by atoms with E-state index in [0.29, 0.717) is 0 Å². The maximum atomic E-state index is 2.57. The second kappa shape index (κ2) is 29.5. The van der Waals surface area contributed by atoms with Crippen molar-refractivity contribution in [3.63, 3.8) is 0 Å². The van der Waals surface area contributed by atoms with Crippen LogP contribution in [-0.2, 0) is 5.41 Å². The van der Waals surface area contributed by atoms with Gasteiger partial charge in [0.2, 0.25) is 0 Å². The van der Waals surface area contributed by atoms with Crippen LogP contribution in [0.2, 0.25) is 0 Å². The molecule has 0 fully saturated rings. The lowest BCUT2D eigenvalue weighted by molar-refractivity contribution is 0.793. The molecular weight excluding hydrogens is 1570 g/mol. The molecule has 0 radical (unpaired) electrons. The number of rotatable bonds is 16. The Morgan fingerprint density at radius 2 is 0.302 bits per heavy atom. The van der Waals surface area contributed by atoms with E-state index in [1.54, 1.807) is 0 Å². The molecule has 129 heavy (non-hydrogen) atoms. The first kappa shape index (κ1) is 73.3. The van der Waals surface area contributed by atoms with Crippen LogP contribution >= 0.6 is 0 Å². The van der Waals surface area contributed by atoms with E-state index in [1.165, 1.54) is 65.3 Å². The third-order valence-corrected chi connectivity index (χ3v) is 27.0. The van der Waals surface area contributed by atoms with Crippen molar-refractivity contribution in [2.45, 2.75) is 5.41 Å². The fraction of sp³-hybridized carbons (Fsp3) is 0.00826. The highest BCUT2D eigenvalue weighted by Crippen LogP contribution is 2.66. The molecule has 2 aliphatic carbocycles. The summed E-state index contributed by atoms with van der Waals surface area (Å²) in [6, 6.07) is 181. The predicted molar refractivity (Wildman–Crippen MR) is 539 cm³/mol. The Labute approximate surface area is 746 Å². The van der Waals surface area contributed by atoms with Gasteiger partial charge in [0.1, 0.15) is 0 Å². The normalized spacial score (nSPS) is 12.4. The second-order valence-corrected chi connectivity index (χ2v) is 33.9. The van der Waals surface area contributed by atoms with Crippen LogP contribution in [0.3, 0.4) is 0 Å². The molecule has 8 heteroatoms. The zero-order valence-corrected chi connectivity index (χ0v) is 70.3. The number of anilines is 12. The first-order valence-electron chi connectivity index (χ1n) is 44.4. The van der Waals surface area contributed by atoms with Gasteiger partial charge >= 0.3 is 0 Å². The minimum absolute atomic E-state index is 1.02. The molecule has 0 N–H and O–H groups in total. The summed E-state index contributed by atoms with van der Waals surface area (Å²) >= 11 is 0. The Hall–Kier alpha value is -17.2. The van der Waals surface area contributed by atoms with Gasteiger partial charge < -0.3 is 37.9 Å². The SMILES string of the molecule is c1ccc(N(c2ccc3c(c2)C2(c4cc(N(c5ccccc5)c5ccc6c7ccccc7n(-c7ccccc7)c6c5)ccc4-3)c3cc(N(c4ccccc4)c4ccc5c6ccccc6n(-c6ccccc6)c5c4)ccc3-c3ccc(N(c4ccccc4)c4ccc5c6ccccc6n(-c6ccccc6)c5c4)cc32)c2ccc3c4ccccc4n(-c4ccccc4)c3c2)cc1. The predicted octanol–water partition coefficient (Wildman–Crippen LogP) is 32.3. The second-order valence-electron chi connectivity index (χ2n) is 33.9. The number of aromatic nitrogens is 4. The third kappa shape index (κ3) is 11.4. The van der Waals surface area contributed by atoms with Gasteiger partial charge in [0.25, 0.3) is 0 Å². The number of hydrogen-bond donors (Lipinski definition) is 0. The average Bonchev–Trinajstić information content (AvgIpc) is 1.50. The molecule has 0 unspecified atom stereocenters. The van der Waals surface area contributed by atoms with Gasteiger partial charge in [-0.25, -0.2) is 0 Å². The van der Waals surface area contributed by atoms with E-state index in [9.17, 15) is 0 Å². The van der Waals surface area contributed by atoms with Crippen molar-refractivity contribution in [1.82, 2.24) is 18.3 Å². The van der Waals surface area contributed by atoms with E-state index in [4.69, 9.17) is 0 Å². The molecular formula is C121H80N8. The summed E-state index contributed by atoms with van der Waals surface area (Å²) in [5, 5.41) is 9.55. The smallest absolute Gasteiger partial charge is 0.0728 e. The number of nitrogens with zero attached hydrogens (tertiary/aromatic N) is 8. The van der Waals surface area contributed by atoms with Crippen molar-refractivity contribution < 1.29 is 0 Å². The van der Waals surface area contributed by atoms with Gasteiger partial charge in [-0.1, -0.05) is 267 Å². The van der Waals surface area contributed by atoms with Gasteiger partial charge in [-0.05, 0) is 263 Å². The summed E-state index contributed by atoms with van der Waals surface area (Å²) in [5.74, 6) is 0. The molecule has 0 saturated carbocycles. The molecule has 4 aromatic heterocycles. The maximum absolute atomic E-state index is 2.57. The van der Waals surface area contributed by atoms with Crippen molar-refractivity contribution >= 4 is 155 Å². The Morgan fingerprint density at radius 1 is 0.132 bits per heavy atom. The number of fused-ring (bicyclic) bond motifs is 22. The van der Waals surface area contributed by atoms with Gasteiger partial charge in [-0.3, -0.25) is 0 Å². The van der Waals surface area contributed by atoms with E-state index in [2.05, 4.69) is 523 Å². The van der Waals surface area contributed by atoms with Crippen LogP contribution in [0.4, 0.5) is 68.2 Å². The summed E-state index contributed by atoms with van der Waals surface area (Å²) in [7, 11) is 0. The van der Waals surface area contributed by atoms with Crippen molar-refractivity contribution in [1.29, 1.82) is 0 Å². The molecule has 0 atom stereocenters. The topological polar surface area (TPSA) is 32.7 Å². The van der Waals surface area contributed by atoms with Crippen LogP contribution < -0.4 is 19.6 Å². The molecule has 604 valence electrons. The van der Waals surface area contributed by atoms with Crippen LogP contribution in [-0.4, -0.2) is 18.3 Å². The number of para-hydroxylation sites is 12. The van der Waals surface area contributed by atoms with Crippen LogP contribution in [0.15, 0.2) is 485 Å². The molecule has 4 heterocycles. The Bertz CT molecular complexity index is 7550. The summed E-state index contributed by atoms with van der Waals surface area (Å²) in [6.07, 6.45) is 0. The molecule has 0 aliphatic heterocycles. The molecule has 20 aromatic carbocycles. The lowest BCUT2D eigenvalue weighted by Crippen LogP contribution is -2.27. The zero-order chi connectivity index (χ0) is 84.8. The lowest BCUT2D eigenvalue weighted by atomic mass is 9.70. The van der Waals surface area contributed by atoms with Crippen LogP contribution in [0.1, 0.15) is 22.3 Å². The van der Waals surface area contributed by atoms with E-state index >= 15 is 0 Å². The van der Waals surface area contributed by atoms with Crippen molar-refractivity contribution in [3.8, 4) is 45.0 Å². The van der Waals surface area contributed by atoms with E-state index in [0.717, 1.165) is 157 Å². The van der Waals surface area contributed by atoms with Gasteiger partial charge in [-0.15, -0.1) is 0 Å². The highest BCUT2D eigenvalue weighted by molar-refractivity contribution is 6.15. The molecule has 8 nitrogen and oxygen atoms in total. The molecule has 2 aliphatic rings. The Balaban J connectivity index is 0.767.